The van der Waals surface area contributed by atoms with Crippen LogP contribution in [0.1, 0.15) is 83.2 Å². The lowest BCUT2D eigenvalue weighted by Gasteiger charge is -2.32. The number of hydrogen-bond donors (Lipinski definition) is 2. The number of fused-ring (bicyclic) bond motifs is 2. The van der Waals surface area contributed by atoms with Crippen molar-refractivity contribution in [1.29, 1.82) is 0 Å². The van der Waals surface area contributed by atoms with Crippen molar-refractivity contribution in [2.45, 2.75) is 97.2 Å². The van der Waals surface area contributed by atoms with E-state index in [-0.39, 0.29) is 6.10 Å². The van der Waals surface area contributed by atoms with Crippen LogP contribution in [0, 0.1) is 12.8 Å². The molecule has 1 aliphatic carbocycles. The van der Waals surface area contributed by atoms with Crippen molar-refractivity contribution in [2.24, 2.45) is 5.92 Å². The van der Waals surface area contributed by atoms with Crippen LogP contribution < -0.4 is 5.32 Å². The molecule has 0 radical (unpaired) electrons. The van der Waals surface area contributed by atoms with Gasteiger partial charge in [0.25, 0.3) is 0 Å². The predicted molar refractivity (Wildman–Crippen MR) is 214 cm³/mol. The van der Waals surface area contributed by atoms with Gasteiger partial charge in [0.1, 0.15) is 20.9 Å². The molecule has 7 rings (SSSR count). The fourth-order valence-corrected chi connectivity index (χ4v) is 7.68. The highest BCUT2D eigenvalue weighted by atomic mass is 127. The third-order valence-corrected chi connectivity index (χ3v) is 11.2. The van der Waals surface area contributed by atoms with Crippen LogP contribution in [-0.2, 0) is 31.3 Å². The third kappa shape index (κ3) is 8.81. The average molecular weight is 817 g/mol. The highest BCUT2D eigenvalue weighted by molar-refractivity contribution is 14.1. The minimum Gasteiger partial charge on any atom is -0.479 e. The molecule has 4 aromatic carbocycles. The quantitative estimate of drug-likeness (QED) is 0.100. The molecule has 2 heterocycles. The van der Waals surface area contributed by atoms with E-state index in [2.05, 4.69) is 102 Å². The van der Waals surface area contributed by atoms with Crippen molar-refractivity contribution in [1.82, 2.24) is 10.3 Å². The van der Waals surface area contributed by atoms with E-state index in [1.54, 1.807) is 6.92 Å². The molecule has 4 atom stereocenters. The van der Waals surface area contributed by atoms with Gasteiger partial charge in [-0.3, -0.25) is 0 Å². The SMILES string of the molecule is CC1=C(I)NC(C)(c2ccc3ccccc3c2)O1.CCCC(C)(OC[C@@H]1CCC[C@H](OCc2nc(-c3ccc4ccccc4c3)oc2C)C1)C(=O)O. The molecule has 1 aliphatic heterocycles. The Hall–Kier alpha value is -3.93. The normalized spacial score (nSPS) is 21.3. The Labute approximate surface area is 320 Å². The van der Waals surface area contributed by atoms with Gasteiger partial charge in [0, 0.05) is 11.1 Å². The maximum atomic E-state index is 11.6. The van der Waals surface area contributed by atoms with E-state index in [9.17, 15) is 9.90 Å². The first-order chi connectivity index (χ1) is 25.0. The molecule has 1 fully saturated rings. The zero-order valence-corrected chi connectivity index (χ0v) is 32.9. The summed E-state index contributed by atoms with van der Waals surface area (Å²) in [5, 5.41) is 17.8. The summed E-state index contributed by atoms with van der Waals surface area (Å²) in [7, 11) is 0. The number of benzene rings is 4. The van der Waals surface area contributed by atoms with Crippen LogP contribution in [0.15, 0.2) is 98.8 Å². The molecular weight excluding hydrogens is 767 g/mol. The van der Waals surface area contributed by atoms with Gasteiger partial charge < -0.3 is 29.1 Å². The molecule has 274 valence electrons. The van der Waals surface area contributed by atoms with Crippen molar-refractivity contribution >= 4 is 50.1 Å². The number of nitrogens with one attached hydrogen (secondary N) is 1. The number of rotatable bonds is 11. The van der Waals surface area contributed by atoms with Crippen molar-refractivity contribution in [3.05, 3.63) is 111 Å². The van der Waals surface area contributed by atoms with E-state index in [1.807, 2.05) is 39.0 Å². The zero-order valence-electron chi connectivity index (χ0n) is 30.7. The summed E-state index contributed by atoms with van der Waals surface area (Å²) >= 11 is 2.27. The van der Waals surface area contributed by atoms with E-state index < -0.39 is 17.3 Å². The summed E-state index contributed by atoms with van der Waals surface area (Å²) in [5.41, 5.74) is 1.36. The molecule has 9 heteroatoms. The molecule has 0 saturated heterocycles. The van der Waals surface area contributed by atoms with E-state index in [1.165, 1.54) is 16.2 Å². The van der Waals surface area contributed by atoms with Gasteiger partial charge in [0.2, 0.25) is 11.6 Å². The molecule has 2 aliphatic rings. The van der Waals surface area contributed by atoms with Crippen molar-refractivity contribution < 1.29 is 28.5 Å². The molecule has 0 amide bonds. The van der Waals surface area contributed by atoms with Crippen molar-refractivity contribution in [2.75, 3.05) is 6.61 Å². The van der Waals surface area contributed by atoms with Crippen LogP contribution in [0.4, 0.5) is 0 Å². The van der Waals surface area contributed by atoms with E-state index in [0.29, 0.717) is 31.4 Å². The fraction of sp³-hybridized carbons (Fsp3) is 0.395. The summed E-state index contributed by atoms with van der Waals surface area (Å²) in [6.45, 7) is 10.5. The number of oxazole rings is 1. The Morgan fingerprint density at radius 1 is 1.00 bits per heavy atom. The summed E-state index contributed by atoms with van der Waals surface area (Å²) in [6, 6.07) is 29.3. The number of hydrogen-bond acceptors (Lipinski definition) is 7. The highest BCUT2D eigenvalue weighted by Gasteiger charge is 2.36. The van der Waals surface area contributed by atoms with Gasteiger partial charge in [0.15, 0.2) is 5.60 Å². The molecule has 2 unspecified atom stereocenters. The Morgan fingerprint density at radius 3 is 2.33 bits per heavy atom. The van der Waals surface area contributed by atoms with Crippen molar-refractivity contribution in [3.8, 4) is 11.5 Å². The van der Waals surface area contributed by atoms with Crippen molar-refractivity contribution in [3.63, 3.8) is 0 Å². The molecule has 0 bridgehead atoms. The number of ether oxygens (including phenoxy) is 3. The molecule has 1 aromatic heterocycles. The predicted octanol–water partition coefficient (Wildman–Crippen LogP) is 10.8. The van der Waals surface area contributed by atoms with Crippen LogP contribution in [0.25, 0.3) is 33.0 Å². The Bertz CT molecular complexity index is 2040. The van der Waals surface area contributed by atoms with Crippen LogP contribution in [0.2, 0.25) is 0 Å². The summed E-state index contributed by atoms with van der Waals surface area (Å²) < 4.78 is 25.1. The van der Waals surface area contributed by atoms with E-state index in [4.69, 9.17) is 23.6 Å². The highest BCUT2D eigenvalue weighted by Crippen LogP contribution is 2.36. The fourth-order valence-electron chi connectivity index (χ4n) is 7.06. The zero-order chi connectivity index (χ0) is 36.9. The van der Waals surface area contributed by atoms with Crippen LogP contribution in [0.5, 0.6) is 0 Å². The van der Waals surface area contributed by atoms with Gasteiger partial charge in [-0.25, -0.2) is 9.78 Å². The second-order valence-corrected chi connectivity index (χ2v) is 15.4. The molecule has 0 spiro atoms. The molecule has 8 nitrogen and oxygen atoms in total. The first-order valence-corrected chi connectivity index (χ1v) is 19.3. The standard InChI is InChI=1S/C28H35NO5.C15H14INO/c1-4-14-28(3,27(30)31)33-17-20-8-7-11-24(15-20)32-18-25-19(2)34-26(29-25)23-13-12-21-9-5-6-10-22(21)16-23;1-10-14(16)17-15(2,18-10)13-8-7-11-5-3-4-6-12(11)9-13/h5-6,9-10,12-13,16,20,24H,4,7-8,11,14-15,17-18H2,1-3H3,(H,30,31);3-9,17H,1-2H3/t20-,24+,28?;/m1./s1. The minimum atomic E-state index is -1.11. The van der Waals surface area contributed by atoms with Crippen LogP contribution in [0.3, 0.4) is 0 Å². The smallest absolute Gasteiger partial charge is 0.335 e. The van der Waals surface area contributed by atoms with Crippen LogP contribution in [-0.4, -0.2) is 34.4 Å². The van der Waals surface area contributed by atoms with Gasteiger partial charge in [-0.15, -0.1) is 0 Å². The summed E-state index contributed by atoms with van der Waals surface area (Å²) in [4.78, 5) is 16.4. The molecular formula is C43H49IN2O6. The topological polar surface area (TPSA) is 103 Å². The lowest BCUT2D eigenvalue weighted by atomic mass is 9.87. The monoisotopic (exact) mass is 816 g/mol. The third-order valence-electron chi connectivity index (χ3n) is 10.2. The van der Waals surface area contributed by atoms with E-state index in [0.717, 1.165) is 69.5 Å². The maximum absolute atomic E-state index is 11.6. The summed E-state index contributed by atoms with van der Waals surface area (Å²) in [5.74, 6) is 1.75. The van der Waals surface area contributed by atoms with Gasteiger partial charge in [-0.2, -0.15) is 0 Å². The molecule has 5 aromatic rings. The number of nitrogens with zero attached hydrogens (tertiary/aromatic N) is 1. The lowest BCUT2D eigenvalue weighted by molar-refractivity contribution is -0.167. The second-order valence-electron chi connectivity index (χ2n) is 14.3. The number of carbonyl (C=O) groups is 1. The van der Waals surface area contributed by atoms with Gasteiger partial charge >= 0.3 is 5.97 Å². The first kappa shape index (κ1) is 37.8. The average Bonchev–Trinajstić information content (AvgIpc) is 3.66. The maximum Gasteiger partial charge on any atom is 0.335 e. The lowest BCUT2D eigenvalue weighted by Crippen LogP contribution is -2.40. The van der Waals surface area contributed by atoms with Gasteiger partial charge in [-0.1, -0.05) is 86.5 Å². The minimum absolute atomic E-state index is 0.116. The number of allylic oxidation sites excluding steroid dienone is 1. The van der Waals surface area contributed by atoms with E-state index >= 15 is 0 Å². The number of carboxylic acids is 1. The number of halogens is 1. The Morgan fingerprint density at radius 2 is 1.67 bits per heavy atom. The molecule has 1 saturated carbocycles. The molecule has 52 heavy (non-hydrogen) atoms. The molecule has 2 N–H and O–H groups in total. The number of aliphatic carboxylic acids is 1. The van der Waals surface area contributed by atoms with Gasteiger partial charge in [-0.05, 0) is 122 Å². The second kappa shape index (κ2) is 16.4. The number of carboxylic acid groups (broad SMARTS) is 1. The first-order valence-electron chi connectivity index (χ1n) is 18.2. The van der Waals surface area contributed by atoms with Gasteiger partial charge in [0.05, 0.1) is 19.3 Å². The summed E-state index contributed by atoms with van der Waals surface area (Å²) in [6.07, 6.45) is 5.36. The number of aryl methyl sites for hydroxylation is 1. The number of aromatic nitrogens is 1. The Balaban J connectivity index is 0.000000215. The van der Waals surface area contributed by atoms with Crippen LogP contribution >= 0.6 is 22.6 Å². The Kier molecular flexibility index (Phi) is 11.9. The largest absolute Gasteiger partial charge is 0.479 e.